The Hall–Kier alpha value is -1.64. The Morgan fingerprint density at radius 1 is 0.565 bits per heavy atom. The van der Waals surface area contributed by atoms with E-state index in [2.05, 4.69) is 127 Å². The van der Waals surface area contributed by atoms with Gasteiger partial charge in [-0.15, -0.1) is 0 Å². The van der Waals surface area contributed by atoms with Crippen molar-refractivity contribution in [2.75, 3.05) is 6.54 Å². The third-order valence-corrected chi connectivity index (χ3v) is 11.9. The second-order valence-corrected chi connectivity index (χ2v) is 16.4. The summed E-state index contributed by atoms with van der Waals surface area (Å²) in [5.74, 6) is 4.32. The summed E-state index contributed by atoms with van der Waals surface area (Å²) in [5, 5.41) is 0. The summed E-state index contributed by atoms with van der Waals surface area (Å²) >= 11 is 0. The highest BCUT2D eigenvalue weighted by Gasteiger charge is 2.42. The Morgan fingerprint density at radius 3 is 1.61 bits per heavy atom. The maximum absolute atomic E-state index is 2.78. The SMILES string of the molecule is C.CC(C)C1CCC(c2ccccc2)CC1.CC(C)C1CCCCN1C(C)C.Cc1ccc(C2CC3CCC(C2)N3C(C)C)cc1. The van der Waals surface area contributed by atoms with E-state index in [0.717, 1.165) is 59.8 Å². The molecule has 46 heavy (non-hydrogen) atoms. The Balaban J connectivity index is 0.000000190. The van der Waals surface area contributed by atoms with E-state index in [1.807, 2.05) is 0 Å². The summed E-state index contributed by atoms with van der Waals surface area (Å²) in [7, 11) is 0. The van der Waals surface area contributed by atoms with E-state index in [1.54, 1.807) is 11.1 Å². The number of piperidine rings is 2. The first-order valence-electron chi connectivity index (χ1n) is 19.2. The molecule has 4 aliphatic rings. The zero-order valence-electron chi connectivity index (χ0n) is 30.8. The van der Waals surface area contributed by atoms with Crippen LogP contribution in [0.15, 0.2) is 54.6 Å². The molecule has 260 valence electrons. The average Bonchev–Trinajstić information content (AvgIpc) is 3.32. The number of nitrogens with zero attached hydrogens (tertiary/aromatic N) is 2. The summed E-state index contributed by atoms with van der Waals surface area (Å²) in [6.45, 7) is 22.3. The van der Waals surface area contributed by atoms with E-state index in [9.17, 15) is 0 Å². The van der Waals surface area contributed by atoms with Crippen LogP contribution in [-0.2, 0) is 0 Å². The Labute approximate surface area is 287 Å². The maximum atomic E-state index is 2.78. The van der Waals surface area contributed by atoms with E-state index in [4.69, 9.17) is 0 Å². The molecule has 3 heterocycles. The van der Waals surface area contributed by atoms with Gasteiger partial charge in [0.1, 0.15) is 0 Å². The minimum atomic E-state index is 0. The van der Waals surface area contributed by atoms with Crippen LogP contribution in [0.4, 0.5) is 0 Å². The minimum absolute atomic E-state index is 0. The third-order valence-electron chi connectivity index (χ3n) is 11.9. The molecular formula is C44H74N2. The van der Waals surface area contributed by atoms with E-state index in [1.165, 1.54) is 82.7 Å². The van der Waals surface area contributed by atoms with Gasteiger partial charge in [-0.3, -0.25) is 9.80 Å². The van der Waals surface area contributed by atoms with Crippen molar-refractivity contribution in [3.8, 4) is 0 Å². The average molecular weight is 631 g/mol. The Bertz CT molecular complexity index is 1050. The molecule has 0 radical (unpaired) electrons. The second kappa shape index (κ2) is 18.8. The van der Waals surface area contributed by atoms with Gasteiger partial charge in [0.05, 0.1) is 0 Å². The molecule has 0 aromatic heterocycles. The molecule has 3 atom stereocenters. The highest BCUT2D eigenvalue weighted by Crippen LogP contribution is 2.44. The van der Waals surface area contributed by atoms with Crippen molar-refractivity contribution in [2.24, 2.45) is 17.8 Å². The molecule has 4 fully saturated rings. The number of likely N-dealkylation sites (tertiary alicyclic amines) is 1. The number of benzene rings is 2. The van der Waals surface area contributed by atoms with Gasteiger partial charge in [-0.2, -0.15) is 0 Å². The smallest absolute Gasteiger partial charge is 0.0121 e. The molecule has 1 aliphatic carbocycles. The van der Waals surface area contributed by atoms with Crippen molar-refractivity contribution in [1.82, 2.24) is 9.80 Å². The lowest BCUT2D eigenvalue weighted by molar-refractivity contribution is 0.0808. The summed E-state index contributed by atoms with van der Waals surface area (Å²) in [6, 6.07) is 24.3. The lowest BCUT2D eigenvalue weighted by Gasteiger charge is -2.41. The number of hydrogen-bond donors (Lipinski definition) is 0. The number of aryl methyl sites for hydroxylation is 1. The highest BCUT2D eigenvalue weighted by atomic mass is 15.2. The highest BCUT2D eigenvalue weighted by molar-refractivity contribution is 5.26. The largest absolute Gasteiger partial charge is 0.298 e. The summed E-state index contributed by atoms with van der Waals surface area (Å²) in [4.78, 5) is 5.46. The van der Waals surface area contributed by atoms with Crippen molar-refractivity contribution < 1.29 is 0 Å². The number of hydrogen-bond acceptors (Lipinski definition) is 2. The predicted molar refractivity (Wildman–Crippen MR) is 204 cm³/mol. The van der Waals surface area contributed by atoms with E-state index < -0.39 is 0 Å². The fourth-order valence-electron chi connectivity index (χ4n) is 9.35. The van der Waals surface area contributed by atoms with Crippen LogP contribution >= 0.6 is 0 Å². The van der Waals surface area contributed by atoms with Crippen molar-refractivity contribution >= 4 is 0 Å². The van der Waals surface area contributed by atoms with Gasteiger partial charge >= 0.3 is 0 Å². The lowest BCUT2D eigenvalue weighted by atomic mass is 9.75. The van der Waals surface area contributed by atoms with E-state index in [0.29, 0.717) is 0 Å². The van der Waals surface area contributed by atoms with Crippen LogP contribution in [0.5, 0.6) is 0 Å². The van der Waals surface area contributed by atoms with Gasteiger partial charge in [-0.1, -0.05) is 102 Å². The fraction of sp³-hybridized carbons (Fsp3) is 0.727. The first kappa shape index (κ1) is 38.8. The van der Waals surface area contributed by atoms with Crippen LogP contribution in [0, 0.1) is 24.7 Å². The van der Waals surface area contributed by atoms with Gasteiger partial charge in [-0.05, 0) is 146 Å². The van der Waals surface area contributed by atoms with Gasteiger partial charge in [0.2, 0.25) is 0 Å². The number of rotatable bonds is 6. The van der Waals surface area contributed by atoms with E-state index >= 15 is 0 Å². The van der Waals surface area contributed by atoms with Crippen molar-refractivity contribution in [3.63, 3.8) is 0 Å². The lowest BCUT2D eigenvalue weighted by Crippen LogP contribution is -2.46. The molecule has 1 saturated carbocycles. The monoisotopic (exact) mass is 631 g/mol. The first-order chi connectivity index (χ1) is 21.5. The van der Waals surface area contributed by atoms with Crippen LogP contribution in [0.3, 0.4) is 0 Å². The second-order valence-electron chi connectivity index (χ2n) is 16.4. The van der Waals surface area contributed by atoms with Crippen LogP contribution in [-0.4, -0.2) is 46.6 Å². The Morgan fingerprint density at radius 2 is 1.13 bits per heavy atom. The van der Waals surface area contributed by atoms with Crippen LogP contribution in [0.25, 0.3) is 0 Å². The molecule has 2 heteroatoms. The molecule has 2 aromatic carbocycles. The molecule has 2 bridgehead atoms. The Kier molecular flexibility index (Phi) is 15.8. The molecule has 3 saturated heterocycles. The zero-order valence-corrected chi connectivity index (χ0v) is 30.8. The summed E-state index contributed by atoms with van der Waals surface area (Å²) in [6.07, 6.45) is 15.5. The molecule has 6 rings (SSSR count). The van der Waals surface area contributed by atoms with Crippen LogP contribution in [0.1, 0.15) is 162 Å². The quantitative estimate of drug-likeness (QED) is 0.313. The molecule has 2 nitrogen and oxygen atoms in total. The third kappa shape index (κ3) is 10.7. The van der Waals surface area contributed by atoms with Gasteiger partial charge in [0.15, 0.2) is 0 Å². The normalized spacial score (nSPS) is 28.4. The van der Waals surface area contributed by atoms with Crippen molar-refractivity contribution in [2.45, 2.75) is 182 Å². The van der Waals surface area contributed by atoms with Crippen LogP contribution < -0.4 is 0 Å². The fourth-order valence-corrected chi connectivity index (χ4v) is 9.35. The standard InChI is InChI=1S/C17H25N.C15H22.C11H23N.CH4/c1-12(2)18-16-8-9-17(18)11-15(10-16)14-6-4-13(3)5-7-14;1-12(2)13-8-10-15(11-9-13)14-6-4-3-5-7-14;1-9(2)11-7-5-6-8-12(11)10(3)4;/h4-7,12,15-17H,8-11H2,1-3H3;3-7,12-13,15H,8-11H2,1-2H3;9-11H,5-8H2,1-4H3;1H4. The number of fused-ring (bicyclic) bond motifs is 2. The molecule has 0 N–H and O–H groups in total. The van der Waals surface area contributed by atoms with E-state index in [-0.39, 0.29) is 7.43 Å². The summed E-state index contributed by atoms with van der Waals surface area (Å²) < 4.78 is 0. The minimum Gasteiger partial charge on any atom is -0.298 e. The summed E-state index contributed by atoms with van der Waals surface area (Å²) in [5.41, 5.74) is 4.50. The molecule has 2 aromatic rings. The zero-order chi connectivity index (χ0) is 32.5. The molecule has 3 aliphatic heterocycles. The van der Waals surface area contributed by atoms with Gasteiger partial charge in [0, 0.05) is 30.2 Å². The van der Waals surface area contributed by atoms with Crippen molar-refractivity contribution in [1.29, 1.82) is 0 Å². The maximum Gasteiger partial charge on any atom is 0.0121 e. The van der Waals surface area contributed by atoms with Crippen LogP contribution in [0.2, 0.25) is 0 Å². The van der Waals surface area contributed by atoms with Gasteiger partial charge in [0.25, 0.3) is 0 Å². The van der Waals surface area contributed by atoms with Crippen molar-refractivity contribution in [3.05, 3.63) is 71.3 Å². The molecule has 0 spiro atoms. The topological polar surface area (TPSA) is 6.48 Å². The predicted octanol–water partition coefficient (Wildman–Crippen LogP) is 12.3. The molecular weight excluding hydrogens is 556 g/mol. The molecule has 0 amide bonds. The molecule has 3 unspecified atom stereocenters. The first-order valence-corrected chi connectivity index (χ1v) is 19.2. The van der Waals surface area contributed by atoms with Gasteiger partial charge < -0.3 is 0 Å². The van der Waals surface area contributed by atoms with Gasteiger partial charge in [-0.25, -0.2) is 0 Å².